The van der Waals surface area contributed by atoms with E-state index in [-0.39, 0.29) is 0 Å². The van der Waals surface area contributed by atoms with Gasteiger partial charge in [-0.15, -0.1) is 0 Å². The molecule has 0 saturated carbocycles. The summed E-state index contributed by atoms with van der Waals surface area (Å²) < 4.78 is 4.69. The van der Waals surface area contributed by atoms with Gasteiger partial charge in [0.25, 0.3) is 0 Å². The van der Waals surface area contributed by atoms with Crippen LogP contribution in [0.25, 0.3) is 0 Å². The lowest BCUT2D eigenvalue weighted by Gasteiger charge is -2.08. The first-order chi connectivity index (χ1) is 8.31. The van der Waals surface area contributed by atoms with E-state index >= 15 is 0 Å². The van der Waals surface area contributed by atoms with E-state index in [1.807, 2.05) is 6.07 Å². The van der Waals surface area contributed by atoms with Crippen molar-refractivity contribution in [3.63, 3.8) is 0 Å². The Morgan fingerprint density at radius 3 is 2.59 bits per heavy atom. The van der Waals surface area contributed by atoms with Gasteiger partial charge in [-0.2, -0.15) is 0 Å². The van der Waals surface area contributed by atoms with Crippen molar-refractivity contribution in [1.82, 2.24) is 9.97 Å². The maximum Gasteiger partial charge on any atom is 0.339 e. The number of ether oxygens (including phenoxy) is 1. The first-order valence-corrected chi connectivity index (χ1v) is 5.02. The normalized spacial score (nSPS) is 9.71. The van der Waals surface area contributed by atoms with E-state index in [2.05, 4.69) is 15.3 Å². The maximum absolute atomic E-state index is 11.5. The number of methoxy groups -OCH3 is 1. The van der Waals surface area contributed by atoms with E-state index in [1.54, 1.807) is 36.7 Å². The van der Waals surface area contributed by atoms with Crippen molar-refractivity contribution in [1.29, 1.82) is 0 Å². The van der Waals surface area contributed by atoms with Gasteiger partial charge in [0, 0.05) is 12.4 Å². The Bertz CT molecular complexity index is 514. The van der Waals surface area contributed by atoms with Crippen molar-refractivity contribution in [2.75, 3.05) is 12.4 Å². The summed E-state index contributed by atoms with van der Waals surface area (Å²) in [4.78, 5) is 19.6. The molecular formula is C12H11N3O2. The average Bonchev–Trinajstić information content (AvgIpc) is 2.40. The number of esters is 1. The molecule has 0 fully saturated rings. The minimum Gasteiger partial charge on any atom is -0.465 e. The second kappa shape index (κ2) is 5.07. The van der Waals surface area contributed by atoms with E-state index in [1.165, 1.54) is 7.11 Å². The van der Waals surface area contributed by atoms with Gasteiger partial charge in [-0.25, -0.2) is 14.8 Å². The Balaban J connectivity index is 2.30. The number of benzene rings is 1. The number of nitrogens with zero attached hydrogens (tertiary/aromatic N) is 2. The zero-order valence-electron chi connectivity index (χ0n) is 9.25. The molecule has 5 heteroatoms. The van der Waals surface area contributed by atoms with Crippen LogP contribution in [0, 0.1) is 0 Å². The van der Waals surface area contributed by atoms with Gasteiger partial charge < -0.3 is 10.1 Å². The van der Waals surface area contributed by atoms with Gasteiger partial charge >= 0.3 is 5.97 Å². The quantitative estimate of drug-likeness (QED) is 0.815. The van der Waals surface area contributed by atoms with Crippen LogP contribution in [0.2, 0.25) is 0 Å². The fourth-order valence-corrected chi connectivity index (χ4v) is 1.36. The highest BCUT2D eigenvalue weighted by Crippen LogP contribution is 2.18. The number of anilines is 2. The summed E-state index contributed by atoms with van der Waals surface area (Å²) in [6, 6.07) is 8.75. The molecule has 0 spiro atoms. The van der Waals surface area contributed by atoms with Gasteiger partial charge in [-0.05, 0) is 18.2 Å². The number of hydrogen-bond donors (Lipinski definition) is 1. The lowest BCUT2D eigenvalue weighted by Crippen LogP contribution is -2.06. The van der Waals surface area contributed by atoms with E-state index in [0.717, 1.165) is 0 Å². The fraction of sp³-hybridized carbons (Fsp3) is 0.0833. The van der Waals surface area contributed by atoms with Crippen LogP contribution in [0.4, 0.5) is 11.6 Å². The van der Waals surface area contributed by atoms with Crippen molar-refractivity contribution in [2.24, 2.45) is 0 Å². The van der Waals surface area contributed by atoms with E-state index in [9.17, 15) is 4.79 Å². The smallest absolute Gasteiger partial charge is 0.339 e. The maximum atomic E-state index is 11.5. The van der Waals surface area contributed by atoms with Gasteiger partial charge in [0.15, 0.2) is 0 Å². The van der Waals surface area contributed by atoms with Crippen molar-refractivity contribution in [2.45, 2.75) is 0 Å². The molecule has 2 rings (SSSR count). The third kappa shape index (κ3) is 2.57. The zero-order chi connectivity index (χ0) is 12.1. The van der Waals surface area contributed by atoms with Crippen molar-refractivity contribution in [3.05, 3.63) is 48.3 Å². The van der Waals surface area contributed by atoms with Gasteiger partial charge in [0.05, 0.1) is 18.4 Å². The molecule has 0 radical (unpaired) electrons. The molecule has 0 aliphatic rings. The topological polar surface area (TPSA) is 64.1 Å². The van der Waals surface area contributed by atoms with Crippen LogP contribution < -0.4 is 5.32 Å². The van der Waals surface area contributed by atoms with Crippen LogP contribution in [0.15, 0.2) is 42.7 Å². The highest BCUT2D eigenvalue weighted by atomic mass is 16.5. The zero-order valence-corrected chi connectivity index (χ0v) is 9.25. The van der Waals surface area contributed by atoms with Crippen LogP contribution in [-0.2, 0) is 4.74 Å². The second-order valence-electron chi connectivity index (χ2n) is 3.23. The number of hydrogen-bond acceptors (Lipinski definition) is 5. The summed E-state index contributed by atoms with van der Waals surface area (Å²) in [5.41, 5.74) is 1.06. The van der Waals surface area contributed by atoms with Crippen LogP contribution in [0.3, 0.4) is 0 Å². The number of rotatable bonds is 3. The molecule has 1 N–H and O–H groups in total. The van der Waals surface area contributed by atoms with Gasteiger partial charge in [-0.1, -0.05) is 12.1 Å². The van der Waals surface area contributed by atoms with Crippen LogP contribution in [0.5, 0.6) is 0 Å². The standard InChI is InChI=1S/C12H11N3O2/c1-17-11(16)9-5-2-3-6-10(9)15-12-13-7-4-8-14-12/h2-8H,1H3,(H,13,14,15). The predicted molar refractivity (Wildman–Crippen MR) is 63.1 cm³/mol. The summed E-state index contributed by atoms with van der Waals surface area (Å²) in [5.74, 6) is 0.0351. The minimum absolute atomic E-state index is 0.399. The minimum atomic E-state index is -0.399. The Hall–Kier alpha value is -2.43. The Labute approximate surface area is 98.5 Å². The molecule has 0 bridgehead atoms. The summed E-state index contributed by atoms with van der Waals surface area (Å²) in [7, 11) is 1.35. The van der Waals surface area contributed by atoms with Crippen LogP contribution in [0.1, 0.15) is 10.4 Å². The molecular weight excluding hydrogens is 218 g/mol. The molecule has 0 amide bonds. The third-order valence-electron chi connectivity index (χ3n) is 2.14. The largest absolute Gasteiger partial charge is 0.465 e. The second-order valence-corrected chi connectivity index (χ2v) is 3.23. The molecule has 0 unspecified atom stereocenters. The SMILES string of the molecule is COC(=O)c1ccccc1Nc1ncccn1. The molecule has 1 aromatic heterocycles. The lowest BCUT2D eigenvalue weighted by atomic mass is 10.2. The molecule has 1 aromatic carbocycles. The Morgan fingerprint density at radius 2 is 1.88 bits per heavy atom. The highest BCUT2D eigenvalue weighted by Gasteiger charge is 2.11. The molecule has 5 nitrogen and oxygen atoms in total. The summed E-state index contributed by atoms with van der Waals surface area (Å²) in [5, 5.41) is 2.96. The van der Waals surface area contributed by atoms with E-state index < -0.39 is 5.97 Å². The third-order valence-corrected chi connectivity index (χ3v) is 2.14. The van der Waals surface area contributed by atoms with Gasteiger partial charge in [-0.3, -0.25) is 0 Å². The van der Waals surface area contributed by atoms with Crippen LogP contribution in [-0.4, -0.2) is 23.0 Å². The number of carbonyl (C=O) groups excluding carboxylic acids is 1. The molecule has 0 aliphatic heterocycles. The highest BCUT2D eigenvalue weighted by molar-refractivity contribution is 5.96. The summed E-state index contributed by atoms with van der Waals surface area (Å²) in [6.45, 7) is 0. The number of aromatic nitrogens is 2. The monoisotopic (exact) mass is 229 g/mol. The number of carbonyl (C=O) groups is 1. The molecule has 1 heterocycles. The lowest BCUT2D eigenvalue weighted by molar-refractivity contribution is 0.0602. The first kappa shape index (κ1) is 11.1. The molecule has 0 aliphatic carbocycles. The van der Waals surface area contributed by atoms with E-state index in [0.29, 0.717) is 17.2 Å². The molecule has 17 heavy (non-hydrogen) atoms. The van der Waals surface area contributed by atoms with Crippen LogP contribution >= 0.6 is 0 Å². The van der Waals surface area contributed by atoms with E-state index in [4.69, 9.17) is 4.74 Å². The number of nitrogens with one attached hydrogen (secondary N) is 1. The van der Waals surface area contributed by atoms with Crippen molar-refractivity contribution >= 4 is 17.6 Å². The average molecular weight is 229 g/mol. The van der Waals surface area contributed by atoms with Crippen molar-refractivity contribution < 1.29 is 9.53 Å². The Kier molecular flexibility index (Phi) is 3.30. The first-order valence-electron chi connectivity index (χ1n) is 5.02. The molecule has 0 atom stereocenters. The molecule has 86 valence electrons. The summed E-state index contributed by atoms with van der Waals surface area (Å²) >= 11 is 0. The molecule has 0 saturated heterocycles. The fourth-order valence-electron chi connectivity index (χ4n) is 1.36. The molecule has 2 aromatic rings. The number of para-hydroxylation sites is 1. The Morgan fingerprint density at radius 1 is 1.18 bits per heavy atom. The predicted octanol–water partition coefficient (Wildman–Crippen LogP) is 2.01. The van der Waals surface area contributed by atoms with Gasteiger partial charge in [0.1, 0.15) is 0 Å². The van der Waals surface area contributed by atoms with Gasteiger partial charge in [0.2, 0.25) is 5.95 Å². The van der Waals surface area contributed by atoms with Crippen molar-refractivity contribution in [3.8, 4) is 0 Å². The summed E-state index contributed by atoms with van der Waals surface area (Å²) in [6.07, 6.45) is 3.24.